The SMILES string of the molecule is CN=C(NCCc1nc(C(C)C)no1)N1CCN(c2ccccc2Cl)CC1. The zero-order valence-electron chi connectivity index (χ0n) is 16.2. The van der Waals surface area contributed by atoms with Crippen molar-refractivity contribution in [3.05, 3.63) is 41.0 Å². The molecule has 0 unspecified atom stereocenters. The standard InChI is InChI=1S/C19H27ClN6O/c1-14(2)18-23-17(27-24-18)8-9-22-19(21-3)26-12-10-25(11-13-26)16-7-5-4-6-15(16)20/h4-7,14H,8-13H2,1-3H3,(H,21,22). The van der Waals surface area contributed by atoms with Crippen LogP contribution >= 0.6 is 11.6 Å². The zero-order chi connectivity index (χ0) is 19.2. The number of hydrogen-bond acceptors (Lipinski definition) is 5. The Balaban J connectivity index is 1.48. The molecular formula is C19H27ClN6O. The average molecular weight is 391 g/mol. The van der Waals surface area contributed by atoms with Crippen molar-refractivity contribution < 1.29 is 4.52 Å². The fourth-order valence-corrected chi connectivity index (χ4v) is 3.34. The molecule has 0 bridgehead atoms. The summed E-state index contributed by atoms with van der Waals surface area (Å²) in [5.41, 5.74) is 1.10. The van der Waals surface area contributed by atoms with E-state index >= 15 is 0 Å². The molecule has 0 atom stereocenters. The number of aliphatic imine (C=N–C) groups is 1. The Morgan fingerprint density at radius 3 is 2.63 bits per heavy atom. The van der Waals surface area contributed by atoms with Crippen LogP contribution in [0.15, 0.2) is 33.8 Å². The van der Waals surface area contributed by atoms with Gasteiger partial charge in [-0.05, 0) is 12.1 Å². The second kappa shape index (κ2) is 9.08. The summed E-state index contributed by atoms with van der Waals surface area (Å²) in [5, 5.41) is 8.19. The molecule has 0 aliphatic carbocycles. The maximum Gasteiger partial charge on any atom is 0.228 e. The van der Waals surface area contributed by atoms with Crippen molar-refractivity contribution in [2.45, 2.75) is 26.2 Å². The Hall–Kier alpha value is -2.28. The van der Waals surface area contributed by atoms with Crippen molar-refractivity contribution in [3.8, 4) is 0 Å². The Labute approximate surface area is 165 Å². The molecule has 0 saturated carbocycles. The Morgan fingerprint density at radius 2 is 2.00 bits per heavy atom. The van der Waals surface area contributed by atoms with Gasteiger partial charge in [-0.3, -0.25) is 4.99 Å². The number of anilines is 1. The number of piperazine rings is 1. The lowest BCUT2D eigenvalue weighted by Crippen LogP contribution is -2.52. The van der Waals surface area contributed by atoms with Crippen LogP contribution in [0.3, 0.4) is 0 Å². The summed E-state index contributed by atoms with van der Waals surface area (Å²) in [4.78, 5) is 13.4. The molecule has 2 heterocycles. The molecule has 0 spiro atoms. The van der Waals surface area contributed by atoms with E-state index in [4.69, 9.17) is 16.1 Å². The average Bonchev–Trinajstić information content (AvgIpc) is 3.15. The summed E-state index contributed by atoms with van der Waals surface area (Å²) in [6.45, 7) is 8.41. The van der Waals surface area contributed by atoms with Gasteiger partial charge in [0.2, 0.25) is 5.89 Å². The van der Waals surface area contributed by atoms with E-state index < -0.39 is 0 Å². The van der Waals surface area contributed by atoms with Crippen molar-refractivity contribution in [1.29, 1.82) is 0 Å². The predicted molar refractivity (Wildman–Crippen MR) is 109 cm³/mol. The van der Waals surface area contributed by atoms with Crippen molar-refractivity contribution >= 4 is 23.2 Å². The number of rotatable bonds is 5. The molecule has 0 radical (unpaired) electrons. The lowest BCUT2D eigenvalue weighted by Gasteiger charge is -2.38. The van der Waals surface area contributed by atoms with Gasteiger partial charge in [-0.15, -0.1) is 0 Å². The quantitative estimate of drug-likeness (QED) is 0.625. The number of aromatic nitrogens is 2. The van der Waals surface area contributed by atoms with Crippen LogP contribution in [0.2, 0.25) is 5.02 Å². The first-order valence-corrected chi connectivity index (χ1v) is 9.74. The van der Waals surface area contributed by atoms with Gasteiger partial charge in [-0.1, -0.05) is 42.7 Å². The number of para-hydroxylation sites is 1. The molecule has 0 amide bonds. The maximum absolute atomic E-state index is 6.32. The number of hydrogen-bond donors (Lipinski definition) is 1. The van der Waals surface area contributed by atoms with Crippen LogP contribution in [-0.4, -0.2) is 60.8 Å². The highest BCUT2D eigenvalue weighted by atomic mass is 35.5. The Morgan fingerprint density at radius 1 is 1.26 bits per heavy atom. The fourth-order valence-electron chi connectivity index (χ4n) is 3.08. The third-order valence-corrected chi connectivity index (χ3v) is 4.93. The van der Waals surface area contributed by atoms with Crippen LogP contribution < -0.4 is 10.2 Å². The van der Waals surface area contributed by atoms with Crippen molar-refractivity contribution in [3.63, 3.8) is 0 Å². The van der Waals surface area contributed by atoms with Crippen LogP contribution in [0, 0.1) is 0 Å². The topological polar surface area (TPSA) is 69.8 Å². The molecule has 1 fully saturated rings. The molecule has 146 valence electrons. The van der Waals surface area contributed by atoms with Gasteiger partial charge in [-0.25, -0.2) is 0 Å². The maximum atomic E-state index is 6.32. The fraction of sp³-hybridized carbons (Fsp3) is 0.526. The second-order valence-electron chi connectivity index (χ2n) is 6.85. The van der Waals surface area contributed by atoms with Crippen LogP contribution in [0.25, 0.3) is 0 Å². The lowest BCUT2D eigenvalue weighted by atomic mass is 10.2. The molecule has 1 aromatic heterocycles. The molecule has 3 rings (SSSR count). The lowest BCUT2D eigenvalue weighted by molar-refractivity contribution is 0.362. The number of benzene rings is 1. The van der Waals surface area contributed by atoms with E-state index in [1.165, 1.54) is 0 Å². The summed E-state index contributed by atoms with van der Waals surface area (Å²) in [5.74, 6) is 2.59. The summed E-state index contributed by atoms with van der Waals surface area (Å²) in [7, 11) is 1.81. The normalized spacial score (nSPS) is 15.5. The van der Waals surface area contributed by atoms with E-state index in [2.05, 4.69) is 50.2 Å². The number of nitrogens with one attached hydrogen (secondary N) is 1. The van der Waals surface area contributed by atoms with E-state index in [-0.39, 0.29) is 5.92 Å². The van der Waals surface area contributed by atoms with Crippen LogP contribution in [0.5, 0.6) is 0 Å². The van der Waals surface area contributed by atoms with Crippen LogP contribution in [-0.2, 0) is 6.42 Å². The molecule has 1 N–H and O–H groups in total. The molecule has 1 aliphatic heterocycles. The minimum Gasteiger partial charge on any atom is -0.367 e. The zero-order valence-corrected chi connectivity index (χ0v) is 16.9. The van der Waals surface area contributed by atoms with E-state index in [1.807, 2.05) is 25.2 Å². The van der Waals surface area contributed by atoms with Gasteiger partial charge in [0, 0.05) is 52.1 Å². The minimum atomic E-state index is 0.276. The highest BCUT2D eigenvalue weighted by molar-refractivity contribution is 6.33. The van der Waals surface area contributed by atoms with E-state index in [0.717, 1.165) is 48.7 Å². The highest BCUT2D eigenvalue weighted by Crippen LogP contribution is 2.26. The van der Waals surface area contributed by atoms with Crippen LogP contribution in [0.1, 0.15) is 31.5 Å². The molecule has 7 nitrogen and oxygen atoms in total. The van der Waals surface area contributed by atoms with E-state index in [9.17, 15) is 0 Å². The largest absolute Gasteiger partial charge is 0.367 e. The van der Waals surface area contributed by atoms with Gasteiger partial charge in [0.05, 0.1) is 10.7 Å². The van der Waals surface area contributed by atoms with Gasteiger partial charge in [0.15, 0.2) is 11.8 Å². The number of halogens is 1. The van der Waals surface area contributed by atoms with E-state index in [0.29, 0.717) is 18.9 Å². The van der Waals surface area contributed by atoms with Crippen molar-refractivity contribution in [1.82, 2.24) is 20.4 Å². The van der Waals surface area contributed by atoms with Crippen molar-refractivity contribution in [2.75, 3.05) is 44.7 Å². The molecule has 1 aliphatic rings. The highest BCUT2D eigenvalue weighted by Gasteiger charge is 2.21. The predicted octanol–water partition coefficient (Wildman–Crippen LogP) is 2.79. The molecule has 1 saturated heterocycles. The molecule has 27 heavy (non-hydrogen) atoms. The van der Waals surface area contributed by atoms with Gasteiger partial charge >= 0.3 is 0 Å². The van der Waals surface area contributed by atoms with Gasteiger partial charge in [0.25, 0.3) is 0 Å². The Kier molecular flexibility index (Phi) is 6.55. The summed E-state index contributed by atoms with van der Waals surface area (Å²) >= 11 is 6.32. The minimum absolute atomic E-state index is 0.276. The first-order valence-electron chi connectivity index (χ1n) is 9.36. The number of nitrogens with zero attached hydrogens (tertiary/aromatic N) is 5. The monoisotopic (exact) mass is 390 g/mol. The smallest absolute Gasteiger partial charge is 0.228 e. The first kappa shape index (κ1) is 19.5. The summed E-state index contributed by atoms with van der Waals surface area (Å²) in [6, 6.07) is 7.99. The molecular weight excluding hydrogens is 364 g/mol. The van der Waals surface area contributed by atoms with Gasteiger partial charge in [0.1, 0.15) is 0 Å². The molecule has 2 aromatic rings. The van der Waals surface area contributed by atoms with Crippen LogP contribution in [0.4, 0.5) is 5.69 Å². The summed E-state index contributed by atoms with van der Waals surface area (Å²) in [6.07, 6.45) is 0.679. The third-order valence-electron chi connectivity index (χ3n) is 4.61. The molecule has 8 heteroatoms. The van der Waals surface area contributed by atoms with Gasteiger partial charge in [-0.2, -0.15) is 4.98 Å². The Bertz CT molecular complexity index is 767. The first-order chi connectivity index (χ1) is 13.1. The molecule has 1 aromatic carbocycles. The van der Waals surface area contributed by atoms with E-state index in [1.54, 1.807) is 0 Å². The number of guanidine groups is 1. The van der Waals surface area contributed by atoms with Gasteiger partial charge < -0.3 is 19.6 Å². The summed E-state index contributed by atoms with van der Waals surface area (Å²) < 4.78 is 5.29. The van der Waals surface area contributed by atoms with Crippen molar-refractivity contribution in [2.24, 2.45) is 4.99 Å². The second-order valence-corrected chi connectivity index (χ2v) is 7.26. The third kappa shape index (κ3) is 4.91.